The molecule has 2 aliphatic heterocycles. The first kappa shape index (κ1) is 22.7. The first-order valence-corrected chi connectivity index (χ1v) is 8.77. The highest BCUT2D eigenvalue weighted by atomic mass is 16.7. The van der Waals surface area contributed by atoms with Crippen molar-refractivity contribution in [2.45, 2.75) is 82.8 Å². The van der Waals surface area contributed by atoms with Gasteiger partial charge in [-0.15, -0.1) is 0 Å². The van der Waals surface area contributed by atoms with Crippen molar-refractivity contribution in [1.29, 1.82) is 0 Å². The number of hydrogen-bond donors (Lipinski definition) is 5. The van der Waals surface area contributed by atoms with E-state index in [9.17, 15) is 25.5 Å². The molecule has 5 N–H and O–H groups in total. The minimum atomic E-state index is -1.50. The Morgan fingerprint density at radius 3 is 1.80 bits per heavy atom. The molecule has 9 nitrogen and oxygen atoms in total. The first-order valence-electron chi connectivity index (χ1n) is 8.77. The van der Waals surface area contributed by atoms with E-state index in [2.05, 4.69) is 13.8 Å². The lowest BCUT2D eigenvalue weighted by molar-refractivity contribution is -0.342. The van der Waals surface area contributed by atoms with E-state index in [0.717, 1.165) is 0 Å². The molecule has 2 saturated heterocycles. The molecule has 2 fully saturated rings. The van der Waals surface area contributed by atoms with Crippen molar-refractivity contribution in [2.24, 2.45) is 0 Å². The fourth-order valence-corrected chi connectivity index (χ4v) is 2.27. The molecule has 0 spiro atoms. The van der Waals surface area contributed by atoms with E-state index < -0.39 is 49.2 Å². The molecular weight excluding hydrogens is 336 g/mol. The van der Waals surface area contributed by atoms with Gasteiger partial charge in [-0.1, -0.05) is 26.7 Å². The van der Waals surface area contributed by atoms with Crippen LogP contribution in [0.1, 0.15) is 33.6 Å². The van der Waals surface area contributed by atoms with Crippen LogP contribution in [-0.2, 0) is 18.9 Å². The monoisotopic (exact) mass is 368 g/mol. The summed E-state index contributed by atoms with van der Waals surface area (Å²) in [6, 6.07) is 0. The molecule has 0 aromatic carbocycles. The maximum Gasteiger partial charge on any atom is 0.186 e. The zero-order chi connectivity index (χ0) is 19.0. The molecule has 150 valence electrons. The van der Waals surface area contributed by atoms with Crippen LogP contribution in [0.5, 0.6) is 0 Å². The second kappa shape index (κ2) is 11.4. The maximum atomic E-state index is 9.99. The van der Waals surface area contributed by atoms with Crippen LogP contribution in [0, 0.1) is 0 Å². The van der Waals surface area contributed by atoms with Crippen LogP contribution in [0.3, 0.4) is 0 Å². The second-order valence-electron chi connectivity index (χ2n) is 6.07. The summed E-state index contributed by atoms with van der Waals surface area (Å²) in [6.07, 6.45) is -7.29. The van der Waals surface area contributed by atoms with Gasteiger partial charge in [0.1, 0.15) is 36.6 Å². The van der Waals surface area contributed by atoms with E-state index in [0.29, 0.717) is 6.61 Å². The van der Waals surface area contributed by atoms with Crippen molar-refractivity contribution >= 4 is 0 Å². The molecule has 0 radical (unpaired) electrons. The molecule has 8 unspecified atom stereocenters. The molecule has 2 aliphatic rings. The Kier molecular flexibility index (Phi) is 10.3. The number of rotatable bonds is 5. The Bertz CT molecular complexity index is 354. The lowest BCUT2D eigenvalue weighted by Gasteiger charge is -2.42. The fraction of sp³-hybridized carbons (Fsp3) is 1.00. The average molecular weight is 368 g/mol. The Morgan fingerprint density at radius 1 is 0.760 bits per heavy atom. The third-order valence-electron chi connectivity index (χ3n) is 4.01. The summed E-state index contributed by atoms with van der Waals surface area (Å²) < 4.78 is 21.0. The van der Waals surface area contributed by atoms with Gasteiger partial charge >= 0.3 is 0 Å². The normalized spacial score (nSPS) is 41.8. The fourth-order valence-electron chi connectivity index (χ4n) is 2.27. The van der Waals surface area contributed by atoms with Crippen LogP contribution in [0.25, 0.3) is 0 Å². The Morgan fingerprint density at radius 2 is 1.28 bits per heavy atom. The molecule has 8 atom stereocenters. The Labute approximate surface area is 148 Å². The predicted octanol–water partition coefficient (Wildman–Crippen LogP) is -1.27. The van der Waals surface area contributed by atoms with Gasteiger partial charge in [0.15, 0.2) is 12.6 Å². The SMILES string of the molecule is CCCC.CCOC1OCC(O)C(O)C1OC1OCC(O)C(O)C1O. The molecule has 0 aliphatic carbocycles. The smallest absolute Gasteiger partial charge is 0.186 e. The van der Waals surface area contributed by atoms with Gasteiger partial charge in [-0.2, -0.15) is 0 Å². The Hall–Kier alpha value is -0.360. The lowest BCUT2D eigenvalue weighted by atomic mass is 10.0. The van der Waals surface area contributed by atoms with Gasteiger partial charge < -0.3 is 44.5 Å². The second-order valence-corrected chi connectivity index (χ2v) is 6.07. The number of unbranched alkanes of at least 4 members (excludes halogenated alkanes) is 1. The predicted molar refractivity (Wildman–Crippen MR) is 86.6 cm³/mol. The van der Waals surface area contributed by atoms with Gasteiger partial charge in [0, 0.05) is 6.61 Å². The van der Waals surface area contributed by atoms with Crippen LogP contribution in [-0.4, -0.2) is 94.6 Å². The van der Waals surface area contributed by atoms with Crippen LogP contribution in [0.2, 0.25) is 0 Å². The molecule has 2 heterocycles. The molecule has 0 bridgehead atoms. The largest absolute Gasteiger partial charge is 0.388 e. The van der Waals surface area contributed by atoms with E-state index in [1.54, 1.807) is 6.92 Å². The molecule has 0 aromatic rings. The van der Waals surface area contributed by atoms with Gasteiger partial charge in [-0.25, -0.2) is 0 Å². The summed E-state index contributed by atoms with van der Waals surface area (Å²) in [5, 5.41) is 48.4. The van der Waals surface area contributed by atoms with Crippen molar-refractivity contribution < 1.29 is 44.5 Å². The van der Waals surface area contributed by atoms with E-state index in [1.807, 2.05) is 0 Å². The highest BCUT2D eigenvalue weighted by molar-refractivity contribution is 4.88. The topological polar surface area (TPSA) is 138 Å². The molecular formula is C16H32O9. The van der Waals surface area contributed by atoms with E-state index >= 15 is 0 Å². The van der Waals surface area contributed by atoms with Crippen molar-refractivity contribution in [3.63, 3.8) is 0 Å². The quantitative estimate of drug-likeness (QED) is 0.402. The molecule has 9 heteroatoms. The van der Waals surface area contributed by atoms with Crippen molar-refractivity contribution in [1.82, 2.24) is 0 Å². The molecule has 25 heavy (non-hydrogen) atoms. The number of hydrogen-bond acceptors (Lipinski definition) is 9. The van der Waals surface area contributed by atoms with Crippen LogP contribution >= 0.6 is 0 Å². The van der Waals surface area contributed by atoms with Crippen LogP contribution in [0.15, 0.2) is 0 Å². The number of ether oxygens (including phenoxy) is 4. The summed E-state index contributed by atoms with van der Waals surface area (Å²) in [7, 11) is 0. The molecule has 0 saturated carbocycles. The van der Waals surface area contributed by atoms with Crippen LogP contribution < -0.4 is 0 Å². The molecule has 2 rings (SSSR count). The summed E-state index contributed by atoms with van der Waals surface area (Å²) in [5.41, 5.74) is 0. The highest BCUT2D eigenvalue weighted by Gasteiger charge is 2.46. The molecule has 0 aromatic heterocycles. The van der Waals surface area contributed by atoms with E-state index in [1.165, 1.54) is 12.8 Å². The zero-order valence-electron chi connectivity index (χ0n) is 15.0. The van der Waals surface area contributed by atoms with E-state index in [4.69, 9.17) is 18.9 Å². The number of aliphatic hydroxyl groups excluding tert-OH is 5. The van der Waals surface area contributed by atoms with Crippen molar-refractivity contribution in [2.75, 3.05) is 19.8 Å². The minimum Gasteiger partial charge on any atom is -0.388 e. The van der Waals surface area contributed by atoms with Gasteiger partial charge in [-0.05, 0) is 6.92 Å². The molecule has 0 amide bonds. The van der Waals surface area contributed by atoms with E-state index in [-0.39, 0.29) is 13.2 Å². The lowest BCUT2D eigenvalue weighted by Crippen LogP contribution is -2.60. The maximum absolute atomic E-state index is 9.99. The van der Waals surface area contributed by atoms with Crippen molar-refractivity contribution in [3.05, 3.63) is 0 Å². The Balaban J connectivity index is 0.000000705. The van der Waals surface area contributed by atoms with Gasteiger partial charge in [-0.3, -0.25) is 0 Å². The summed E-state index contributed by atoms with van der Waals surface area (Å²) >= 11 is 0. The zero-order valence-corrected chi connectivity index (χ0v) is 15.0. The third-order valence-corrected chi connectivity index (χ3v) is 4.01. The van der Waals surface area contributed by atoms with Crippen LogP contribution in [0.4, 0.5) is 0 Å². The average Bonchev–Trinajstić information content (AvgIpc) is 2.61. The first-order chi connectivity index (χ1) is 11.9. The summed E-state index contributed by atoms with van der Waals surface area (Å²) in [4.78, 5) is 0. The number of aliphatic hydroxyl groups is 5. The highest BCUT2D eigenvalue weighted by Crippen LogP contribution is 2.25. The minimum absolute atomic E-state index is 0.110. The third kappa shape index (κ3) is 6.38. The van der Waals surface area contributed by atoms with Gasteiger partial charge in [0.2, 0.25) is 0 Å². The summed E-state index contributed by atoms with van der Waals surface area (Å²) in [5.74, 6) is 0. The summed E-state index contributed by atoms with van der Waals surface area (Å²) in [6.45, 7) is 6.04. The van der Waals surface area contributed by atoms with Crippen molar-refractivity contribution in [3.8, 4) is 0 Å². The standard InChI is InChI=1S/C12H22O9.C4H10/c1-2-18-12-10(8(16)6(14)4-20-12)21-11-9(17)7(15)5(13)3-19-11;1-3-4-2/h5-17H,2-4H2,1H3;3-4H2,1-2H3. The van der Waals surface area contributed by atoms with Gasteiger partial charge in [0.05, 0.1) is 13.2 Å². The van der Waals surface area contributed by atoms with Gasteiger partial charge in [0.25, 0.3) is 0 Å².